The molecule has 0 spiro atoms. The highest BCUT2D eigenvalue weighted by atomic mass is 32.2. The molecule has 0 atom stereocenters. The summed E-state index contributed by atoms with van der Waals surface area (Å²) in [5, 5.41) is 2.60. The van der Waals surface area contributed by atoms with Crippen molar-refractivity contribution in [2.45, 2.75) is 31.6 Å². The van der Waals surface area contributed by atoms with Gasteiger partial charge in [0.1, 0.15) is 0 Å². The maximum atomic E-state index is 12.5. The Morgan fingerprint density at radius 3 is 2.34 bits per heavy atom. The Bertz CT molecular complexity index is 1010. The molecule has 2 aromatic carbocycles. The summed E-state index contributed by atoms with van der Waals surface area (Å²) in [6.07, 6.45) is 1.74. The third-order valence-corrected chi connectivity index (χ3v) is 6.91. The summed E-state index contributed by atoms with van der Waals surface area (Å²) in [4.78, 5) is 24.5. The molecule has 1 fully saturated rings. The number of aryl methyl sites for hydroxylation is 1. The lowest BCUT2D eigenvalue weighted by Gasteiger charge is -2.15. The van der Waals surface area contributed by atoms with Gasteiger partial charge in [0.25, 0.3) is 5.91 Å². The molecule has 3 rings (SSSR count). The first kappa shape index (κ1) is 21.0. The molecule has 0 radical (unpaired) electrons. The van der Waals surface area contributed by atoms with Gasteiger partial charge < -0.3 is 10.1 Å². The first-order valence-corrected chi connectivity index (χ1v) is 10.9. The normalized spacial score (nSPS) is 14.6. The quantitative estimate of drug-likeness (QED) is 0.731. The summed E-state index contributed by atoms with van der Waals surface area (Å²) >= 11 is 0. The fourth-order valence-electron chi connectivity index (χ4n) is 3.17. The summed E-state index contributed by atoms with van der Waals surface area (Å²) in [6, 6.07) is 11.3. The number of nitrogens with zero attached hydrogens (tertiary/aromatic N) is 1. The van der Waals surface area contributed by atoms with E-state index < -0.39 is 28.5 Å². The summed E-state index contributed by atoms with van der Waals surface area (Å²) in [6.45, 7) is 4.36. The molecule has 2 aromatic rings. The van der Waals surface area contributed by atoms with Gasteiger partial charge in [0.05, 0.1) is 10.5 Å². The van der Waals surface area contributed by atoms with E-state index in [1.807, 2.05) is 19.9 Å². The molecule has 1 amide bonds. The molecule has 0 aromatic heterocycles. The average Bonchev–Trinajstić information content (AvgIpc) is 3.24. The van der Waals surface area contributed by atoms with E-state index in [9.17, 15) is 18.0 Å². The van der Waals surface area contributed by atoms with E-state index in [0.717, 1.165) is 24.0 Å². The minimum atomic E-state index is -3.49. The van der Waals surface area contributed by atoms with Crippen LogP contribution in [0.2, 0.25) is 0 Å². The molecule has 0 bridgehead atoms. The second kappa shape index (κ2) is 8.75. The summed E-state index contributed by atoms with van der Waals surface area (Å²) in [5.74, 6) is -1.06. The van der Waals surface area contributed by atoms with Gasteiger partial charge in [-0.2, -0.15) is 4.31 Å². The summed E-state index contributed by atoms with van der Waals surface area (Å²) in [7, 11) is -3.49. The van der Waals surface area contributed by atoms with Crippen LogP contribution in [0.1, 0.15) is 34.3 Å². The largest absolute Gasteiger partial charge is 0.452 e. The van der Waals surface area contributed by atoms with Gasteiger partial charge in [-0.15, -0.1) is 0 Å². The standard InChI is InChI=1S/C21H24N2O5S/c1-15-6-5-7-19(16(15)2)21(25)28-14-20(24)22-17-8-10-18(11-9-17)29(26,27)23-12-3-4-13-23/h5-11H,3-4,12-14H2,1-2H3,(H,22,24). The number of rotatable bonds is 6. The Morgan fingerprint density at radius 1 is 1.03 bits per heavy atom. The van der Waals surface area contributed by atoms with Crippen LogP contribution in [0.3, 0.4) is 0 Å². The maximum Gasteiger partial charge on any atom is 0.338 e. The van der Waals surface area contributed by atoms with E-state index in [4.69, 9.17) is 4.74 Å². The number of benzene rings is 2. The lowest BCUT2D eigenvalue weighted by atomic mass is 10.0. The number of carbonyl (C=O) groups excluding carboxylic acids is 2. The van der Waals surface area contributed by atoms with Crippen molar-refractivity contribution in [3.05, 3.63) is 59.2 Å². The van der Waals surface area contributed by atoms with Crippen LogP contribution in [0, 0.1) is 13.8 Å². The molecule has 1 aliphatic heterocycles. The van der Waals surface area contributed by atoms with Gasteiger partial charge in [-0.3, -0.25) is 4.79 Å². The zero-order valence-corrected chi connectivity index (χ0v) is 17.3. The number of sulfonamides is 1. The molecule has 154 valence electrons. The van der Waals surface area contributed by atoms with Crippen molar-refractivity contribution in [1.29, 1.82) is 0 Å². The van der Waals surface area contributed by atoms with Gasteiger partial charge in [-0.25, -0.2) is 13.2 Å². The molecule has 0 aliphatic carbocycles. The number of esters is 1. The Balaban J connectivity index is 1.57. The van der Waals surface area contributed by atoms with Crippen LogP contribution >= 0.6 is 0 Å². The molecule has 8 heteroatoms. The molecule has 1 N–H and O–H groups in total. The first-order chi connectivity index (χ1) is 13.8. The van der Waals surface area contributed by atoms with Crippen molar-refractivity contribution in [1.82, 2.24) is 4.31 Å². The SMILES string of the molecule is Cc1cccc(C(=O)OCC(=O)Nc2ccc(S(=O)(=O)N3CCCC3)cc2)c1C. The number of anilines is 1. The van der Waals surface area contributed by atoms with E-state index in [1.165, 1.54) is 28.6 Å². The topological polar surface area (TPSA) is 92.8 Å². The van der Waals surface area contributed by atoms with Crippen LogP contribution in [0.4, 0.5) is 5.69 Å². The number of hydrogen-bond acceptors (Lipinski definition) is 5. The molecule has 1 aliphatic rings. The maximum absolute atomic E-state index is 12.5. The summed E-state index contributed by atoms with van der Waals surface area (Å²) < 4.78 is 31.6. The van der Waals surface area contributed by atoms with Gasteiger partial charge >= 0.3 is 5.97 Å². The van der Waals surface area contributed by atoms with Crippen molar-refractivity contribution in [2.75, 3.05) is 25.0 Å². The van der Waals surface area contributed by atoms with E-state index in [-0.39, 0.29) is 4.90 Å². The Hall–Kier alpha value is -2.71. The van der Waals surface area contributed by atoms with E-state index in [2.05, 4.69) is 5.32 Å². The number of carbonyl (C=O) groups is 2. The zero-order valence-electron chi connectivity index (χ0n) is 16.5. The predicted molar refractivity (Wildman–Crippen MR) is 109 cm³/mol. The van der Waals surface area contributed by atoms with Crippen LogP contribution < -0.4 is 5.32 Å². The highest BCUT2D eigenvalue weighted by Crippen LogP contribution is 2.22. The highest BCUT2D eigenvalue weighted by Gasteiger charge is 2.27. The Kier molecular flexibility index (Phi) is 6.34. The zero-order chi connectivity index (χ0) is 21.0. The third-order valence-electron chi connectivity index (χ3n) is 5.00. The highest BCUT2D eigenvalue weighted by molar-refractivity contribution is 7.89. The number of nitrogens with one attached hydrogen (secondary N) is 1. The lowest BCUT2D eigenvalue weighted by Crippen LogP contribution is -2.27. The van der Waals surface area contributed by atoms with Crippen LogP contribution in [-0.2, 0) is 19.6 Å². The van der Waals surface area contributed by atoms with Gasteiger partial charge in [0, 0.05) is 18.8 Å². The minimum Gasteiger partial charge on any atom is -0.452 e. The monoisotopic (exact) mass is 416 g/mol. The van der Waals surface area contributed by atoms with Crippen molar-refractivity contribution < 1.29 is 22.7 Å². The molecule has 0 unspecified atom stereocenters. The minimum absolute atomic E-state index is 0.193. The van der Waals surface area contributed by atoms with Crippen LogP contribution in [-0.4, -0.2) is 44.3 Å². The number of hydrogen-bond donors (Lipinski definition) is 1. The van der Waals surface area contributed by atoms with Gasteiger partial charge in [-0.1, -0.05) is 12.1 Å². The number of ether oxygens (including phenoxy) is 1. The third kappa shape index (κ3) is 4.83. The van der Waals surface area contributed by atoms with Crippen molar-refractivity contribution in [3.8, 4) is 0 Å². The average molecular weight is 416 g/mol. The van der Waals surface area contributed by atoms with E-state index in [1.54, 1.807) is 12.1 Å². The second-order valence-electron chi connectivity index (χ2n) is 7.01. The molecular weight excluding hydrogens is 392 g/mol. The van der Waals surface area contributed by atoms with Gasteiger partial charge in [0.15, 0.2) is 6.61 Å². The molecule has 1 heterocycles. The fraction of sp³-hybridized carbons (Fsp3) is 0.333. The number of amides is 1. The van der Waals surface area contributed by atoms with Gasteiger partial charge in [-0.05, 0) is 68.1 Å². The van der Waals surface area contributed by atoms with Gasteiger partial charge in [0.2, 0.25) is 10.0 Å². The molecular formula is C21H24N2O5S. The lowest BCUT2D eigenvalue weighted by molar-refractivity contribution is -0.119. The smallest absolute Gasteiger partial charge is 0.338 e. The Morgan fingerprint density at radius 2 is 1.69 bits per heavy atom. The van der Waals surface area contributed by atoms with Crippen molar-refractivity contribution in [2.24, 2.45) is 0 Å². The summed E-state index contributed by atoms with van der Waals surface area (Å²) in [5.41, 5.74) is 2.63. The molecule has 7 nitrogen and oxygen atoms in total. The van der Waals surface area contributed by atoms with Crippen molar-refractivity contribution >= 4 is 27.6 Å². The molecule has 1 saturated heterocycles. The van der Waals surface area contributed by atoms with E-state index >= 15 is 0 Å². The van der Waals surface area contributed by atoms with Crippen molar-refractivity contribution in [3.63, 3.8) is 0 Å². The molecule has 0 saturated carbocycles. The fourth-order valence-corrected chi connectivity index (χ4v) is 4.68. The van der Waals surface area contributed by atoms with Crippen LogP contribution in [0.5, 0.6) is 0 Å². The van der Waals surface area contributed by atoms with Crippen LogP contribution in [0.25, 0.3) is 0 Å². The Labute approximate surface area is 170 Å². The molecule has 29 heavy (non-hydrogen) atoms. The van der Waals surface area contributed by atoms with E-state index in [0.29, 0.717) is 24.3 Å². The first-order valence-electron chi connectivity index (χ1n) is 9.42. The predicted octanol–water partition coefficient (Wildman–Crippen LogP) is 2.88. The van der Waals surface area contributed by atoms with Crippen LogP contribution in [0.15, 0.2) is 47.4 Å². The second-order valence-corrected chi connectivity index (χ2v) is 8.95.